The van der Waals surface area contributed by atoms with Crippen LogP contribution in [0.1, 0.15) is 63.5 Å². The molecule has 1 aromatic carbocycles. The molecule has 2 aliphatic carbocycles. The molecule has 3 rings (SSSR count). The van der Waals surface area contributed by atoms with Crippen molar-refractivity contribution in [2.24, 2.45) is 11.8 Å². The van der Waals surface area contributed by atoms with Crippen LogP contribution in [-0.2, 0) is 0 Å². The van der Waals surface area contributed by atoms with Crippen molar-refractivity contribution in [3.8, 4) is 0 Å². The summed E-state index contributed by atoms with van der Waals surface area (Å²) in [6, 6.07) is 8.19. The van der Waals surface area contributed by atoms with Gasteiger partial charge in [-0.1, -0.05) is 38.3 Å². The summed E-state index contributed by atoms with van der Waals surface area (Å²) in [6.07, 6.45) is 9.39. The van der Waals surface area contributed by atoms with Crippen molar-refractivity contribution in [2.75, 3.05) is 0 Å². The first-order valence-electron chi connectivity index (χ1n) is 8.25. The van der Waals surface area contributed by atoms with E-state index in [1.165, 1.54) is 50.5 Å². The van der Waals surface area contributed by atoms with Gasteiger partial charge in [0.05, 0.1) is 0 Å². The molecule has 0 amide bonds. The molecule has 1 N–H and O–H groups in total. The van der Waals surface area contributed by atoms with E-state index in [9.17, 15) is 4.39 Å². The Kier molecular flexibility index (Phi) is 4.40. The molecular formula is C18H26FN. The topological polar surface area (TPSA) is 12.0 Å². The number of benzene rings is 1. The van der Waals surface area contributed by atoms with Gasteiger partial charge in [-0.3, -0.25) is 0 Å². The summed E-state index contributed by atoms with van der Waals surface area (Å²) in [6.45, 7) is 2.39. The van der Waals surface area contributed by atoms with Crippen LogP contribution in [0.2, 0.25) is 0 Å². The van der Waals surface area contributed by atoms with Gasteiger partial charge >= 0.3 is 0 Å². The number of hydrogen-bond acceptors (Lipinski definition) is 1. The van der Waals surface area contributed by atoms with Gasteiger partial charge in [0.1, 0.15) is 5.82 Å². The zero-order valence-corrected chi connectivity index (χ0v) is 12.4. The lowest BCUT2D eigenvalue weighted by Gasteiger charge is -2.29. The standard InChI is InChI=1S/C18H26FN/c1-13-5-3-2-4-6-17(13)20-18(14-7-8-14)15-9-11-16(19)12-10-15/h9-14,17-18,20H,2-8H2,1H3. The first-order chi connectivity index (χ1) is 9.74. The minimum absolute atomic E-state index is 0.133. The summed E-state index contributed by atoms with van der Waals surface area (Å²) in [4.78, 5) is 0. The Morgan fingerprint density at radius 1 is 1.00 bits per heavy atom. The highest BCUT2D eigenvalue weighted by atomic mass is 19.1. The number of nitrogens with one attached hydrogen (secondary N) is 1. The lowest BCUT2D eigenvalue weighted by atomic mass is 9.93. The molecule has 0 aromatic heterocycles. The molecule has 3 unspecified atom stereocenters. The highest BCUT2D eigenvalue weighted by Gasteiger charge is 2.34. The monoisotopic (exact) mass is 275 g/mol. The SMILES string of the molecule is CC1CCCCCC1NC(c1ccc(F)cc1)C1CC1. The number of hydrogen-bond donors (Lipinski definition) is 1. The van der Waals surface area contributed by atoms with Crippen LogP contribution in [0.25, 0.3) is 0 Å². The van der Waals surface area contributed by atoms with Crippen LogP contribution in [-0.4, -0.2) is 6.04 Å². The van der Waals surface area contributed by atoms with Gasteiger partial charge in [0.15, 0.2) is 0 Å². The molecular weight excluding hydrogens is 249 g/mol. The van der Waals surface area contributed by atoms with E-state index in [1.54, 1.807) is 12.1 Å². The van der Waals surface area contributed by atoms with Crippen molar-refractivity contribution in [1.29, 1.82) is 0 Å². The molecule has 2 fully saturated rings. The third kappa shape index (κ3) is 3.41. The molecule has 0 spiro atoms. The molecule has 110 valence electrons. The molecule has 1 aromatic rings. The van der Waals surface area contributed by atoms with Crippen molar-refractivity contribution in [3.05, 3.63) is 35.6 Å². The van der Waals surface area contributed by atoms with E-state index in [1.807, 2.05) is 12.1 Å². The van der Waals surface area contributed by atoms with Gasteiger partial charge in [-0.2, -0.15) is 0 Å². The predicted molar refractivity (Wildman–Crippen MR) is 81.0 cm³/mol. The smallest absolute Gasteiger partial charge is 0.123 e. The average Bonchev–Trinajstić information content (AvgIpc) is 3.27. The van der Waals surface area contributed by atoms with E-state index in [-0.39, 0.29) is 5.82 Å². The van der Waals surface area contributed by atoms with Crippen molar-refractivity contribution < 1.29 is 4.39 Å². The van der Waals surface area contributed by atoms with Gasteiger partial charge in [-0.15, -0.1) is 0 Å². The summed E-state index contributed by atoms with van der Waals surface area (Å²) < 4.78 is 13.1. The molecule has 2 aliphatic rings. The van der Waals surface area contributed by atoms with Crippen LogP contribution in [0.4, 0.5) is 4.39 Å². The maximum absolute atomic E-state index is 13.1. The second-order valence-electron chi connectivity index (χ2n) is 6.76. The molecule has 1 nitrogen and oxygen atoms in total. The minimum atomic E-state index is -0.133. The van der Waals surface area contributed by atoms with E-state index in [0.29, 0.717) is 12.1 Å². The molecule has 0 radical (unpaired) electrons. The Balaban J connectivity index is 1.72. The summed E-state index contributed by atoms with van der Waals surface area (Å²) >= 11 is 0. The zero-order valence-electron chi connectivity index (χ0n) is 12.4. The summed E-state index contributed by atoms with van der Waals surface area (Å²) in [5.41, 5.74) is 1.27. The van der Waals surface area contributed by atoms with Crippen LogP contribution in [0.15, 0.2) is 24.3 Å². The van der Waals surface area contributed by atoms with E-state index >= 15 is 0 Å². The lowest BCUT2D eigenvalue weighted by molar-refractivity contribution is 0.307. The second-order valence-corrected chi connectivity index (χ2v) is 6.76. The van der Waals surface area contributed by atoms with Gasteiger partial charge in [-0.05, 0) is 55.2 Å². The Labute approximate surface area is 122 Å². The highest BCUT2D eigenvalue weighted by Crippen LogP contribution is 2.42. The van der Waals surface area contributed by atoms with E-state index in [0.717, 1.165) is 11.8 Å². The maximum atomic E-state index is 13.1. The Bertz CT molecular complexity index is 424. The van der Waals surface area contributed by atoms with Crippen molar-refractivity contribution in [2.45, 2.75) is 64.0 Å². The molecule has 2 heteroatoms. The molecule has 0 aliphatic heterocycles. The van der Waals surface area contributed by atoms with Crippen LogP contribution in [0.5, 0.6) is 0 Å². The van der Waals surface area contributed by atoms with Crippen LogP contribution >= 0.6 is 0 Å². The highest BCUT2D eigenvalue weighted by molar-refractivity contribution is 5.22. The van der Waals surface area contributed by atoms with Gasteiger partial charge in [0.25, 0.3) is 0 Å². The number of rotatable bonds is 4. The molecule has 0 heterocycles. The fourth-order valence-electron chi connectivity index (χ4n) is 3.58. The van der Waals surface area contributed by atoms with Crippen LogP contribution in [0, 0.1) is 17.7 Å². The van der Waals surface area contributed by atoms with Crippen molar-refractivity contribution >= 4 is 0 Å². The first kappa shape index (κ1) is 14.1. The van der Waals surface area contributed by atoms with Crippen LogP contribution < -0.4 is 5.32 Å². The van der Waals surface area contributed by atoms with E-state index < -0.39 is 0 Å². The molecule has 20 heavy (non-hydrogen) atoms. The van der Waals surface area contributed by atoms with Gasteiger partial charge in [0, 0.05) is 12.1 Å². The Morgan fingerprint density at radius 2 is 1.70 bits per heavy atom. The molecule has 2 saturated carbocycles. The third-order valence-electron chi connectivity index (χ3n) is 5.08. The van der Waals surface area contributed by atoms with Crippen molar-refractivity contribution in [3.63, 3.8) is 0 Å². The lowest BCUT2D eigenvalue weighted by Crippen LogP contribution is -2.38. The first-order valence-corrected chi connectivity index (χ1v) is 8.25. The largest absolute Gasteiger partial charge is 0.307 e. The molecule has 3 atom stereocenters. The second kappa shape index (κ2) is 6.26. The van der Waals surface area contributed by atoms with Crippen molar-refractivity contribution in [1.82, 2.24) is 5.32 Å². The summed E-state index contributed by atoms with van der Waals surface area (Å²) in [5.74, 6) is 1.39. The zero-order chi connectivity index (χ0) is 13.9. The van der Waals surface area contributed by atoms with Gasteiger partial charge in [0.2, 0.25) is 0 Å². The van der Waals surface area contributed by atoms with Gasteiger partial charge < -0.3 is 5.32 Å². The third-order valence-corrected chi connectivity index (χ3v) is 5.08. The fourth-order valence-corrected chi connectivity index (χ4v) is 3.58. The normalized spacial score (nSPS) is 28.9. The van der Waals surface area contributed by atoms with E-state index in [4.69, 9.17) is 0 Å². The summed E-state index contributed by atoms with van der Waals surface area (Å²) in [7, 11) is 0. The van der Waals surface area contributed by atoms with Crippen LogP contribution in [0.3, 0.4) is 0 Å². The Morgan fingerprint density at radius 3 is 2.40 bits per heavy atom. The van der Waals surface area contributed by atoms with Gasteiger partial charge in [-0.25, -0.2) is 4.39 Å². The fraction of sp³-hybridized carbons (Fsp3) is 0.667. The maximum Gasteiger partial charge on any atom is 0.123 e. The number of halogens is 1. The average molecular weight is 275 g/mol. The minimum Gasteiger partial charge on any atom is -0.307 e. The predicted octanol–water partition coefficient (Wildman–Crippen LogP) is 4.84. The molecule has 0 bridgehead atoms. The quantitative estimate of drug-likeness (QED) is 0.776. The Hall–Kier alpha value is -0.890. The molecule has 0 saturated heterocycles. The summed E-state index contributed by atoms with van der Waals surface area (Å²) in [5, 5.41) is 3.92. The van der Waals surface area contributed by atoms with E-state index in [2.05, 4.69) is 12.2 Å².